The second-order valence-electron chi connectivity index (χ2n) is 9.77. The molecule has 0 unspecified atom stereocenters. The van der Waals surface area contributed by atoms with Crippen LogP contribution in [0.4, 0.5) is 5.69 Å². The molecule has 1 atom stereocenters. The van der Waals surface area contributed by atoms with Crippen molar-refractivity contribution in [1.29, 1.82) is 0 Å². The Balaban J connectivity index is 1.30. The molecular formula is C33H28N4O5S. The Morgan fingerprint density at radius 2 is 1.44 bits per heavy atom. The van der Waals surface area contributed by atoms with Gasteiger partial charge in [0, 0.05) is 28.4 Å². The molecule has 1 heterocycles. The number of nitrogens with zero attached hydrogens (tertiary/aromatic N) is 1. The first-order valence-electron chi connectivity index (χ1n) is 13.5. The number of benzene rings is 4. The number of amides is 2. The fraction of sp³-hybridized carbons (Fsp3) is 0.0909. The molecule has 5 rings (SSSR count). The smallest absolute Gasteiger partial charge is 0.261 e. The van der Waals surface area contributed by atoms with Gasteiger partial charge in [-0.3, -0.25) is 24.1 Å². The van der Waals surface area contributed by atoms with E-state index in [-0.39, 0.29) is 34.9 Å². The normalized spacial score (nSPS) is 11.8. The highest BCUT2D eigenvalue weighted by Crippen LogP contribution is 2.21. The van der Waals surface area contributed by atoms with E-state index < -0.39 is 27.9 Å². The summed E-state index contributed by atoms with van der Waals surface area (Å²) >= 11 is 0. The van der Waals surface area contributed by atoms with E-state index in [1.54, 1.807) is 60.8 Å². The third kappa shape index (κ3) is 7.49. The summed E-state index contributed by atoms with van der Waals surface area (Å²) in [5, 5.41) is 6.06. The van der Waals surface area contributed by atoms with Crippen molar-refractivity contribution < 1.29 is 22.8 Å². The SMILES string of the molecule is O=C(NCC(=O)[C@H](Cc1ccccc1)NC(=O)c1cccc(NS(=O)(=O)c2ccc3ncccc3c2)c1)c1ccccc1. The van der Waals surface area contributed by atoms with Crippen LogP contribution in [0, 0.1) is 0 Å². The summed E-state index contributed by atoms with van der Waals surface area (Å²) < 4.78 is 28.7. The van der Waals surface area contributed by atoms with Crippen LogP contribution in [0.25, 0.3) is 10.9 Å². The van der Waals surface area contributed by atoms with Crippen LogP contribution in [0.15, 0.2) is 126 Å². The van der Waals surface area contributed by atoms with Gasteiger partial charge in [-0.1, -0.05) is 60.7 Å². The second-order valence-corrected chi connectivity index (χ2v) is 11.5. The highest BCUT2D eigenvalue weighted by molar-refractivity contribution is 7.92. The number of hydrogen-bond donors (Lipinski definition) is 3. The minimum absolute atomic E-state index is 0.0499. The van der Waals surface area contributed by atoms with Gasteiger partial charge in [-0.05, 0) is 66.6 Å². The van der Waals surface area contributed by atoms with Gasteiger partial charge >= 0.3 is 0 Å². The van der Waals surface area contributed by atoms with Crippen molar-refractivity contribution in [2.24, 2.45) is 0 Å². The molecule has 0 saturated heterocycles. The summed E-state index contributed by atoms with van der Waals surface area (Å²) in [5.74, 6) is -1.35. The van der Waals surface area contributed by atoms with Crippen molar-refractivity contribution in [2.75, 3.05) is 11.3 Å². The Bertz CT molecular complexity index is 1880. The Morgan fingerprint density at radius 3 is 2.21 bits per heavy atom. The summed E-state index contributed by atoms with van der Waals surface area (Å²) in [6.07, 6.45) is 1.83. The van der Waals surface area contributed by atoms with Gasteiger partial charge in [0.2, 0.25) is 0 Å². The molecule has 0 bridgehead atoms. The van der Waals surface area contributed by atoms with E-state index in [9.17, 15) is 22.8 Å². The fourth-order valence-electron chi connectivity index (χ4n) is 4.48. The third-order valence-electron chi connectivity index (χ3n) is 6.70. The number of Topliss-reactive ketones (excluding diaryl/α,β-unsaturated/α-hetero) is 1. The number of hydrogen-bond acceptors (Lipinski definition) is 6. The number of nitrogens with one attached hydrogen (secondary N) is 3. The number of carbonyl (C=O) groups excluding carboxylic acids is 3. The van der Waals surface area contributed by atoms with E-state index in [0.717, 1.165) is 5.56 Å². The molecule has 0 aliphatic rings. The van der Waals surface area contributed by atoms with Gasteiger partial charge in [0.05, 0.1) is 23.0 Å². The molecule has 1 aromatic heterocycles. The van der Waals surface area contributed by atoms with Gasteiger partial charge in [-0.25, -0.2) is 8.42 Å². The second kappa shape index (κ2) is 13.1. The zero-order valence-corrected chi connectivity index (χ0v) is 23.8. The van der Waals surface area contributed by atoms with Crippen molar-refractivity contribution in [2.45, 2.75) is 17.4 Å². The maximum Gasteiger partial charge on any atom is 0.261 e. The molecule has 0 saturated carbocycles. The lowest BCUT2D eigenvalue weighted by Gasteiger charge is -2.19. The average molecular weight is 593 g/mol. The molecule has 3 N–H and O–H groups in total. The lowest BCUT2D eigenvalue weighted by atomic mass is 10.0. The zero-order chi connectivity index (χ0) is 30.2. The highest BCUT2D eigenvalue weighted by Gasteiger charge is 2.23. The highest BCUT2D eigenvalue weighted by atomic mass is 32.2. The van der Waals surface area contributed by atoms with Crippen LogP contribution in [-0.2, 0) is 21.2 Å². The molecule has 5 aromatic rings. The molecule has 0 aliphatic carbocycles. The Labute approximate surface area is 249 Å². The van der Waals surface area contributed by atoms with Gasteiger partial charge < -0.3 is 10.6 Å². The van der Waals surface area contributed by atoms with Gasteiger partial charge in [0.15, 0.2) is 5.78 Å². The van der Waals surface area contributed by atoms with E-state index in [1.807, 2.05) is 30.3 Å². The third-order valence-corrected chi connectivity index (χ3v) is 8.08. The average Bonchev–Trinajstić information content (AvgIpc) is 3.03. The monoisotopic (exact) mass is 592 g/mol. The minimum Gasteiger partial charge on any atom is -0.345 e. The number of fused-ring (bicyclic) bond motifs is 1. The number of rotatable bonds is 11. The van der Waals surface area contributed by atoms with E-state index in [1.165, 1.54) is 30.3 Å². The molecule has 2 amide bonds. The topological polar surface area (TPSA) is 134 Å². The molecule has 4 aromatic carbocycles. The Kier molecular flexibility index (Phi) is 8.88. The van der Waals surface area contributed by atoms with Crippen LogP contribution >= 0.6 is 0 Å². The van der Waals surface area contributed by atoms with Crippen LogP contribution in [0.5, 0.6) is 0 Å². The maximum atomic E-state index is 13.3. The van der Waals surface area contributed by atoms with Gasteiger partial charge in [-0.15, -0.1) is 0 Å². The molecule has 216 valence electrons. The molecule has 9 nitrogen and oxygen atoms in total. The lowest BCUT2D eigenvalue weighted by Crippen LogP contribution is -2.46. The first kappa shape index (κ1) is 29.2. The minimum atomic E-state index is -3.97. The van der Waals surface area contributed by atoms with E-state index in [0.29, 0.717) is 16.5 Å². The summed E-state index contributed by atoms with van der Waals surface area (Å²) in [6, 6.07) is 30.9. The summed E-state index contributed by atoms with van der Waals surface area (Å²) in [4.78, 5) is 43.3. The number of sulfonamides is 1. The lowest BCUT2D eigenvalue weighted by molar-refractivity contribution is -0.119. The van der Waals surface area contributed by atoms with Crippen LogP contribution < -0.4 is 15.4 Å². The van der Waals surface area contributed by atoms with E-state index in [4.69, 9.17) is 0 Å². The Hall–Kier alpha value is -5.35. The van der Waals surface area contributed by atoms with Crippen LogP contribution in [-0.4, -0.2) is 43.6 Å². The molecule has 0 radical (unpaired) electrons. The van der Waals surface area contributed by atoms with Gasteiger partial charge in [0.25, 0.3) is 21.8 Å². The van der Waals surface area contributed by atoms with Gasteiger partial charge in [0.1, 0.15) is 0 Å². The van der Waals surface area contributed by atoms with Crippen molar-refractivity contribution in [1.82, 2.24) is 15.6 Å². The number of pyridine rings is 1. The van der Waals surface area contributed by atoms with Crippen molar-refractivity contribution >= 4 is 44.2 Å². The molecule has 10 heteroatoms. The van der Waals surface area contributed by atoms with E-state index >= 15 is 0 Å². The number of anilines is 1. The molecular weight excluding hydrogens is 564 g/mol. The predicted octanol–water partition coefficient (Wildman–Crippen LogP) is 4.38. The Morgan fingerprint density at radius 1 is 0.721 bits per heavy atom. The molecule has 0 fully saturated rings. The van der Waals surface area contributed by atoms with Gasteiger partial charge in [-0.2, -0.15) is 0 Å². The molecule has 0 aliphatic heterocycles. The number of aromatic nitrogens is 1. The number of ketones is 1. The van der Waals surface area contributed by atoms with Crippen LogP contribution in [0.2, 0.25) is 0 Å². The molecule has 43 heavy (non-hydrogen) atoms. The predicted molar refractivity (Wildman–Crippen MR) is 164 cm³/mol. The summed E-state index contributed by atoms with van der Waals surface area (Å²) in [7, 11) is -3.97. The fourth-order valence-corrected chi connectivity index (χ4v) is 5.56. The molecule has 0 spiro atoms. The number of carbonyl (C=O) groups is 3. The largest absolute Gasteiger partial charge is 0.345 e. The quantitative estimate of drug-likeness (QED) is 0.209. The standard InChI is InChI=1S/C33H28N4O5S/c38-31(22-35-32(39)24-11-5-2-6-12-24)30(19-23-9-3-1-4-10-23)36-33(40)26-13-7-15-27(20-26)37-43(41,42)28-16-17-29-25(21-28)14-8-18-34-29/h1-18,20-21,30,37H,19,22H2,(H,35,39)(H,36,40)/t30-/m0/s1. The van der Waals surface area contributed by atoms with Crippen molar-refractivity contribution in [3.8, 4) is 0 Å². The van der Waals surface area contributed by atoms with E-state index in [2.05, 4.69) is 20.3 Å². The van der Waals surface area contributed by atoms with Crippen LogP contribution in [0.1, 0.15) is 26.3 Å². The first-order chi connectivity index (χ1) is 20.8. The first-order valence-corrected chi connectivity index (χ1v) is 15.0. The maximum absolute atomic E-state index is 13.3. The van der Waals surface area contributed by atoms with Crippen molar-refractivity contribution in [3.05, 3.63) is 138 Å². The summed E-state index contributed by atoms with van der Waals surface area (Å²) in [5.41, 5.74) is 2.24. The van der Waals surface area contributed by atoms with Crippen LogP contribution in [0.3, 0.4) is 0 Å². The van der Waals surface area contributed by atoms with Crippen molar-refractivity contribution in [3.63, 3.8) is 0 Å². The zero-order valence-electron chi connectivity index (χ0n) is 22.9. The summed E-state index contributed by atoms with van der Waals surface area (Å²) in [6.45, 7) is -0.285.